The molecule has 0 fully saturated rings. The van der Waals surface area contributed by atoms with Gasteiger partial charge in [0.25, 0.3) is 0 Å². The van der Waals surface area contributed by atoms with Crippen LogP contribution < -0.4 is 5.32 Å². The molecule has 2 rings (SSSR count). The van der Waals surface area contributed by atoms with Crippen molar-refractivity contribution >= 4 is 22.8 Å². The monoisotopic (exact) mass is 279 g/mol. The van der Waals surface area contributed by atoms with Gasteiger partial charge >= 0.3 is 0 Å². The molecular formula is C14H21N3OS. The molecule has 1 unspecified atom stereocenters. The van der Waals surface area contributed by atoms with Crippen LogP contribution in [0.2, 0.25) is 0 Å². The van der Waals surface area contributed by atoms with E-state index in [0.29, 0.717) is 0 Å². The highest BCUT2D eigenvalue weighted by Crippen LogP contribution is 2.21. The second kappa shape index (κ2) is 6.93. The van der Waals surface area contributed by atoms with Gasteiger partial charge in [0.15, 0.2) is 5.16 Å². The van der Waals surface area contributed by atoms with Crippen molar-refractivity contribution in [3.05, 3.63) is 23.8 Å². The number of nitrogens with one attached hydrogen (secondary N) is 2. The highest BCUT2D eigenvalue weighted by Gasteiger charge is 2.07. The summed E-state index contributed by atoms with van der Waals surface area (Å²) in [6.45, 7) is 5.21. The van der Waals surface area contributed by atoms with Gasteiger partial charge in [0.1, 0.15) is 0 Å². The zero-order valence-corrected chi connectivity index (χ0v) is 12.3. The van der Waals surface area contributed by atoms with E-state index in [-0.39, 0.29) is 12.6 Å². The van der Waals surface area contributed by atoms with E-state index in [1.165, 1.54) is 5.56 Å². The van der Waals surface area contributed by atoms with Gasteiger partial charge in [0.05, 0.1) is 17.6 Å². The maximum absolute atomic E-state index is 9.20. The molecule has 0 aliphatic rings. The number of aromatic nitrogens is 2. The zero-order chi connectivity index (χ0) is 13.7. The first-order valence-electron chi connectivity index (χ1n) is 6.66. The lowest BCUT2D eigenvalue weighted by Crippen LogP contribution is -2.32. The Labute approximate surface area is 118 Å². The normalized spacial score (nSPS) is 13.0. The number of nitrogens with zero attached hydrogens (tertiary/aromatic N) is 1. The van der Waals surface area contributed by atoms with Gasteiger partial charge in [-0.3, -0.25) is 0 Å². The van der Waals surface area contributed by atoms with Crippen LogP contribution in [-0.4, -0.2) is 40.0 Å². The average molecular weight is 279 g/mol. The predicted octanol–water partition coefficient (Wildman–Crippen LogP) is 2.32. The molecule has 0 radical (unpaired) electrons. The Morgan fingerprint density at radius 1 is 1.47 bits per heavy atom. The summed E-state index contributed by atoms with van der Waals surface area (Å²) in [6.07, 6.45) is 0.936. The summed E-state index contributed by atoms with van der Waals surface area (Å²) < 4.78 is 0. The predicted molar refractivity (Wildman–Crippen MR) is 80.7 cm³/mol. The quantitative estimate of drug-likeness (QED) is 0.681. The van der Waals surface area contributed by atoms with Crippen molar-refractivity contribution in [3.63, 3.8) is 0 Å². The molecule has 1 aromatic carbocycles. The molecule has 0 aliphatic heterocycles. The SMILES string of the molecule is CCNC(CO)CCSc1nc2ccc(C)cc2[nH]1. The molecule has 2 aromatic rings. The first kappa shape index (κ1) is 14.4. The summed E-state index contributed by atoms with van der Waals surface area (Å²) in [4.78, 5) is 7.88. The average Bonchev–Trinajstić information content (AvgIpc) is 2.79. The van der Waals surface area contributed by atoms with E-state index in [2.05, 4.69) is 41.3 Å². The van der Waals surface area contributed by atoms with E-state index in [9.17, 15) is 5.11 Å². The number of likely N-dealkylation sites (N-methyl/N-ethyl adjacent to an activating group) is 1. The smallest absolute Gasteiger partial charge is 0.166 e. The van der Waals surface area contributed by atoms with Gasteiger partial charge in [0, 0.05) is 11.8 Å². The van der Waals surface area contributed by atoms with Gasteiger partial charge in [0.2, 0.25) is 0 Å². The first-order chi connectivity index (χ1) is 9.22. The number of benzene rings is 1. The summed E-state index contributed by atoms with van der Waals surface area (Å²) in [5, 5.41) is 13.4. The van der Waals surface area contributed by atoms with Crippen molar-refractivity contribution in [2.75, 3.05) is 18.9 Å². The Bertz CT molecular complexity index is 526. The van der Waals surface area contributed by atoms with Crippen LogP contribution in [0.5, 0.6) is 0 Å². The van der Waals surface area contributed by atoms with Crippen molar-refractivity contribution in [3.8, 4) is 0 Å². The van der Waals surface area contributed by atoms with Crippen molar-refractivity contribution in [1.82, 2.24) is 15.3 Å². The molecular weight excluding hydrogens is 258 g/mol. The molecule has 0 aliphatic carbocycles. The highest BCUT2D eigenvalue weighted by molar-refractivity contribution is 7.99. The lowest BCUT2D eigenvalue weighted by atomic mass is 10.2. The fraction of sp³-hybridized carbons (Fsp3) is 0.500. The number of imidazole rings is 1. The molecule has 0 spiro atoms. The number of aliphatic hydroxyl groups is 1. The fourth-order valence-corrected chi connectivity index (χ4v) is 2.95. The number of aromatic amines is 1. The number of hydrogen-bond donors (Lipinski definition) is 3. The molecule has 0 saturated carbocycles. The Morgan fingerprint density at radius 3 is 3.05 bits per heavy atom. The molecule has 3 N–H and O–H groups in total. The van der Waals surface area contributed by atoms with Crippen LogP contribution in [0.1, 0.15) is 18.9 Å². The van der Waals surface area contributed by atoms with Crippen LogP contribution >= 0.6 is 11.8 Å². The van der Waals surface area contributed by atoms with Crippen LogP contribution in [0.4, 0.5) is 0 Å². The topological polar surface area (TPSA) is 60.9 Å². The Kier molecular flexibility index (Phi) is 5.24. The Morgan fingerprint density at radius 2 is 2.32 bits per heavy atom. The van der Waals surface area contributed by atoms with Crippen LogP contribution in [0.25, 0.3) is 11.0 Å². The van der Waals surface area contributed by atoms with Gasteiger partial charge in [-0.2, -0.15) is 0 Å². The minimum Gasteiger partial charge on any atom is -0.395 e. The van der Waals surface area contributed by atoms with Gasteiger partial charge in [-0.15, -0.1) is 0 Å². The Hall–Kier alpha value is -1.04. The molecule has 19 heavy (non-hydrogen) atoms. The van der Waals surface area contributed by atoms with E-state index >= 15 is 0 Å². The molecule has 0 saturated heterocycles. The summed E-state index contributed by atoms with van der Waals surface area (Å²) in [7, 11) is 0. The van der Waals surface area contributed by atoms with Crippen molar-refractivity contribution < 1.29 is 5.11 Å². The largest absolute Gasteiger partial charge is 0.395 e. The standard InChI is InChI=1S/C14H21N3OS/c1-3-15-11(9-18)6-7-19-14-16-12-5-4-10(2)8-13(12)17-14/h4-5,8,11,15,18H,3,6-7,9H2,1-2H3,(H,16,17). The summed E-state index contributed by atoms with van der Waals surface area (Å²) in [5.74, 6) is 0.941. The first-order valence-corrected chi connectivity index (χ1v) is 7.65. The maximum Gasteiger partial charge on any atom is 0.166 e. The molecule has 1 atom stereocenters. The van der Waals surface area contributed by atoms with Crippen molar-refractivity contribution in [1.29, 1.82) is 0 Å². The summed E-state index contributed by atoms with van der Waals surface area (Å²) >= 11 is 1.70. The second-order valence-corrected chi connectivity index (χ2v) is 5.72. The number of thioether (sulfide) groups is 1. The molecule has 5 heteroatoms. The van der Waals surface area contributed by atoms with Crippen molar-refractivity contribution in [2.45, 2.75) is 31.5 Å². The van der Waals surface area contributed by atoms with Crippen molar-refractivity contribution in [2.24, 2.45) is 0 Å². The minimum absolute atomic E-state index is 0.184. The number of aliphatic hydroxyl groups excluding tert-OH is 1. The lowest BCUT2D eigenvalue weighted by Gasteiger charge is -2.13. The van der Waals surface area contributed by atoms with E-state index in [1.54, 1.807) is 11.8 Å². The van der Waals surface area contributed by atoms with Crippen LogP contribution in [0, 0.1) is 6.92 Å². The molecule has 0 amide bonds. The molecule has 4 nitrogen and oxygen atoms in total. The molecule has 104 valence electrons. The van der Waals surface area contributed by atoms with Gasteiger partial charge in [-0.05, 0) is 37.6 Å². The van der Waals surface area contributed by atoms with E-state index < -0.39 is 0 Å². The maximum atomic E-state index is 9.20. The number of aryl methyl sites for hydroxylation is 1. The van der Waals surface area contributed by atoms with Crippen LogP contribution in [0.15, 0.2) is 23.4 Å². The lowest BCUT2D eigenvalue weighted by molar-refractivity contribution is 0.242. The van der Waals surface area contributed by atoms with Crippen LogP contribution in [-0.2, 0) is 0 Å². The molecule has 1 heterocycles. The minimum atomic E-state index is 0.184. The number of hydrogen-bond acceptors (Lipinski definition) is 4. The van der Waals surface area contributed by atoms with E-state index in [4.69, 9.17) is 0 Å². The summed E-state index contributed by atoms with van der Waals surface area (Å²) in [6, 6.07) is 6.41. The Balaban J connectivity index is 1.91. The highest BCUT2D eigenvalue weighted by atomic mass is 32.2. The third-order valence-electron chi connectivity index (χ3n) is 3.03. The van der Waals surface area contributed by atoms with Gasteiger partial charge in [-0.1, -0.05) is 24.8 Å². The van der Waals surface area contributed by atoms with Crippen LogP contribution in [0.3, 0.4) is 0 Å². The van der Waals surface area contributed by atoms with Gasteiger partial charge < -0.3 is 15.4 Å². The number of rotatable bonds is 7. The van der Waals surface area contributed by atoms with E-state index in [1.807, 2.05) is 6.07 Å². The zero-order valence-electron chi connectivity index (χ0n) is 11.4. The number of H-pyrrole nitrogens is 1. The molecule has 0 bridgehead atoms. The third kappa shape index (κ3) is 3.96. The summed E-state index contributed by atoms with van der Waals surface area (Å²) in [5.41, 5.74) is 3.34. The third-order valence-corrected chi connectivity index (χ3v) is 3.94. The number of fused-ring (bicyclic) bond motifs is 1. The second-order valence-electron chi connectivity index (χ2n) is 4.64. The molecule has 1 aromatic heterocycles. The van der Waals surface area contributed by atoms with Gasteiger partial charge in [-0.25, -0.2) is 4.98 Å². The van der Waals surface area contributed by atoms with E-state index in [0.717, 1.165) is 34.9 Å². The fourth-order valence-electron chi connectivity index (χ4n) is 2.01.